The normalized spacial score (nSPS) is 16.2. The fourth-order valence-corrected chi connectivity index (χ4v) is 3.89. The van der Waals surface area contributed by atoms with Crippen LogP contribution in [0.1, 0.15) is 23.2 Å². The molecule has 1 aliphatic rings. The summed E-state index contributed by atoms with van der Waals surface area (Å²) in [6, 6.07) is 8.98. The fourth-order valence-electron chi connectivity index (χ4n) is 3.89. The number of carbonyl (C=O) groups is 1. The lowest BCUT2D eigenvalue weighted by atomic mass is 10.0. The van der Waals surface area contributed by atoms with Crippen LogP contribution < -0.4 is 5.56 Å². The van der Waals surface area contributed by atoms with Gasteiger partial charge in [0.1, 0.15) is 0 Å². The molecule has 3 aromatic heterocycles. The molecule has 158 valence electrons. The van der Waals surface area contributed by atoms with Crippen LogP contribution in [-0.4, -0.2) is 44.5 Å². The van der Waals surface area contributed by atoms with Crippen molar-refractivity contribution in [1.82, 2.24) is 19.6 Å². The molecule has 0 spiro atoms. The molecule has 1 saturated heterocycles. The number of hydrogen-bond donors (Lipinski definition) is 0. The number of amides is 1. The largest absolute Gasteiger partial charge is 0.374 e. The number of aryl methyl sites for hydroxylation is 1. The van der Waals surface area contributed by atoms with E-state index in [1.807, 2.05) is 18.2 Å². The number of aromatic nitrogens is 3. The van der Waals surface area contributed by atoms with Crippen LogP contribution in [0, 0.1) is 0 Å². The third-order valence-corrected chi connectivity index (χ3v) is 5.63. The molecule has 5 rings (SSSR count). The Morgan fingerprint density at radius 1 is 1.10 bits per heavy atom. The second kappa shape index (κ2) is 6.97. The minimum absolute atomic E-state index is 0.0257. The molecular formula is C22H18F2N4O3. The van der Waals surface area contributed by atoms with Crippen LogP contribution in [0.2, 0.25) is 0 Å². The molecule has 0 atom stereocenters. The summed E-state index contributed by atoms with van der Waals surface area (Å²) >= 11 is 0. The predicted octanol–water partition coefficient (Wildman–Crippen LogP) is 3.61. The maximum absolute atomic E-state index is 13.4. The molecule has 4 heterocycles. The van der Waals surface area contributed by atoms with Crippen molar-refractivity contribution < 1.29 is 18.1 Å². The Labute approximate surface area is 174 Å². The molecule has 1 fully saturated rings. The first-order valence-electron chi connectivity index (χ1n) is 9.85. The molecule has 0 saturated carbocycles. The van der Waals surface area contributed by atoms with Crippen molar-refractivity contribution in [3.05, 3.63) is 58.6 Å². The number of benzene rings is 1. The first-order valence-corrected chi connectivity index (χ1v) is 9.85. The minimum atomic E-state index is -2.71. The number of likely N-dealkylation sites (tertiary alicyclic amines) is 1. The van der Waals surface area contributed by atoms with Gasteiger partial charge in [-0.3, -0.25) is 14.6 Å². The van der Waals surface area contributed by atoms with Crippen molar-refractivity contribution >= 4 is 27.9 Å². The lowest BCUT2D eigenvalue weighted by molar-refractivity contribution is -0.0494. The van der Waals surface area contributed by atoms with Gasteiger partial charge in [0, 0.05) is 61.9 Å². The molecule has 31 heavy (non-hydrogen) atoms. The SMILES string of the molecule is Cn1oc2cc(-c3cccc4cc(C(=O)N5CCC(F)(F)CC5)cnc34)cnc2c1=O. The van der Waals surface area contributed by atoms with Gasteiger partial charge >= 0.3 is 5.56 Å². The highest BCUT2D eigenvalue weighted by atomic mass is 19.3. The van der Waals surface area contributed by atoms with Gasteiger partial charge in [-0.1, -0.05) is 18.2 Å². The zero-order valence-electron chi connectivity index (χ0n) is 16.6. The van der Waals surface area contributed by atoms with Gasteiger partial charge in [-0.15, -0.1) is 0 Å². The minimum Gasteiger partial charge on any atom is -0.374 e. The second-order valence-corrected chi connectivity index (χ2v) is 7.71. The fraction of sp³-hybridized carbons (Fsp3) is 0.273. The number of piperidine rings is 1. The maximum Gasteiger partial charge on any atom is 0.308 e. The maximum atomic E-state index is 13.4. The van der Waals surface area contributed by atoms with Crippen molar-refractivity contribution in [1.29, 1.82) is 0 Å². The number of pyridine rings is 2. The van der Waals surface area contributed by atoms with E-state index in [0.29, 0.717) is 16.7 Å². The van der Waals surface area contributed by atoms with E-state index in [1.165, 1.54) is 18.1 Å². The lowest BCUT2D eigenvalue weighted by Crippen LogP contribution is -2.42. The van der Waals surface area contributed by atoms with E-state index in [2.05, 4.69) is 9.97 Å². The Balaban J connectivity index is 1.51. The predicted molar refractivity (Wildman–Crippen MR) is 110 cm³/mol. The highest BCUT2D eigenvalue weighted by molar-refractivity contribution is 6.00. The Morgan fingerprint density at radius 2 is 1.84 bits per heavy atom. The summed E-state index contributed by atoms with van der Waals surface area (Å²) in [5.41, 5.74) is 2.82. The van der Waals surface area contributed by atoms with Crippen LogP contribution in [0.5, 0.6) is 0 Å². The van der Waals surface area contributed by atoms with Crippen LogP contribution in [0.25, 0.3) is 33.1 Å². The van der Waals surface area contributed by atoms with Crippen molar-refractivity contribution in [2.75, 3.05) is 13.1 Å². The highest BCUT2D eigenvalue weighted by Crippen LogP contribution is 2.31. The zero-order chi connectivity index (χ0) is 21.8. The Hall–Kier alpha value is -3.62. The van der Waals surface area contributed by atoms with E-state index in [9.17, 15) is 18.4 Å². The number of fused-ring (bicyclic) bond motifs is 2. The quantitative estimate of drug-likeness (QED) is 0.491. The molecular weight excluding hydrogens is 406 g/mol. The highest BCUT2D eigenvalue weighted by Gasteiger charge is 2.35. The van der Waals surface area contributed by atoms with Crippen molar-refractivity contribution in [3.8, 4) is 11.1 Å². The summed E-state index contributed by atoms with van der Waals surface area (Å²) in [4.78, 5) is 34.9. The van der Waals surface area contributed by atoms with Crippen molar-refractivity contribution in [3.63, 3.8) is 0 Å². The molecule has 1 amide bonds. The molecule has 0 bridgehead atoms. The van der Waals surface area contributed by atoms with Crippen LogP contribution in [0.15, 0.2) is 52.0 Å². The second-order valence-electron chi connectivity index (χ2n) is 7.71. The summed E-state index contributed by atoms with van der Waals surface area (Å²) < 4.78 is 33.3. The molecule has 0 aliphatic carbocycles. The van der Waals surface area contributed by atoms with Gasteiger partial charge in [0.2, 0.25) is 0 Å². The Kier molecular flexibility index (Phi) is 4.35. The van der Waals surface area contributed by atoms with Gasteiger partial charge in [-0.25, -0.2) is 13.8 Å². The molecule has 4 aromatic rings. The van der Waals surface area contributed by atoms with Crippen LogP contribution >= 0.6 is 0 Å². The third-order valence-electron chi connectivity index (χ3n) is 5.63. The molecule has 0 radical (unpaired) electrons. The van der Waals surface area contributed by atoms with E-state index in [1.54, 1.807) is 18.3 Å². The summed E-state index contributed by atoms with van der Waals surface area (Å²) in [5.74, 6) is -3.01. The standard InChI is InChI=1S/C22H18F2N4O3/c1-27-21(30)19-17(31-27)10-14(11-26-19)16-4-2-3-13-9-15(12-25-18(13)16)20(29)28-7-5-22(23,24)6-8-28/h2-4,9-12H,5-8H2,1H3. The average Bonchev–Trinajstić information content (AvgIpc) is 3.05. The Bertz CT molecular complexity index is 1380. The topological polar surface area (TPSA) is 81.2 Å². The number of nitrogens with zero attached hydrogens (tertiary/aromatic N) is 4. The third kappa shape index (κ3) is 3.35. The first kappa shape index (κ1) is 19.3. The van der Waals surface area contributed by atoms with Crippen LogP contribution in [0.3, 0.4) is 0 Å². The molecule has 1 aliphatic heterocycles. The zero-order valence-corrected chi connectivity index (χ0v) is 16.6. The number of halogens is 2. The number of alkyl halides is 2. The first-order chi connectivity index (χ1) is 14.8. The lowest BCUT2D eigenvalue weighted by Gasteiger charge is -2.31. The van der Waals surface area contributed by atoms with Gasteiger partial charge in [0.05, 0.1) is 11.1 Å². The molecule has 9 heteroatoms. The average molecular weight is 424 g/mol. The molecule has 1 aromatic carbocycles. The van der Waals surface area contributed by atoms with Gasteiger partial charge in [0.25, 0.3) is 11.8 Å². The smallest absolute Gasteiger partial charge is 0.308 e. The van der Waals surface area contributed by atoms with Crippen LogP contribution in [0.4, 0.5) is 8.78 Å². The van der Waals surface area contributed by atoms with E-state index >= 15 is 0 Å². The number of hydrogen-bond acceptors (Lipinski definition) is 5. The summed E-state index contributed by atoms with van der Waals surface area (Å²) in [7, 11) is 1.52. The van der Waals surface area contributed by atoms with E-state index < -0.39 is 5.92 Å². The van der Waals surface area contributed by atoms with Gasteiger partial charge < -0.3 is 9.42 Å². The van der Waals surface area contributed by atoms with Gasteiger partial charge in [-0.2, -0.15) is 4.74 Å². The van der Waals surface area contributed by atoms with E-state index in [-0.39, 0.29) is 42.9 Å². The Morgan fingerprint density at radius 3 is 2.61 bits per heavy atom. The summed E-state index contributed by atoms with van der Waals surface area (Å²) in [5, 5.41) is 0.736. The molecule has 0 N–H and O–H groups in total. The summed E-state index contributed by atoms with van der Waals surface area (Å²) in [6.07, 6.45) is 2.40. The number of carbonyl (C=O) groups excluding carboxylic acids is 1. The summed E-state index contributed by atoms with van der Waals surface area (Å²) in [6.45, 7) is 0.0513. The van der Waals surface area contributed by atoms with E-state index in [0.717, 1.165) is 21.3 Å². The van der Waals surface area contributed by atoms with Gasteiger partial charge in [-0.05, 0) is 12.1 Å². The van der Waals surface area contributed by atoms with Crippen molar-refractivity contribution in [2.24, 2.45) is 7.05 Å². The monoisotopic (exact) mass is 424 g/mol. The molecule has 0 unspecified atom stereocenters. The van der Waals surface area contributed by atoms with Crippen molar-refractivity contribution in [2.45, 2.75) is 18.8 Å². The van der Waals surface area contributed by atoms with Gasteiger partial charge in [0.15, 0.2) is 11.1 Å². The van der Waals surface area contributed by atoms with E-state index in [4.69, 9.17) is 4.52 Å². The number of para-hydroxylation sites is 1. The number of rotatable bonds is 2. The molecule has 7 nitrogen and oxygen atoms in total. The van der Waals surface area contributed by atoms with Crippen LogP contribution in [-0.2, 0) is 7.05 Å².